The third-order valence-electron chi connectivity index (χ3n) is 7.02. The van der Waals surface area contributed by atoms with Gasteiger partial charge in [0, 0.05) is 44.7 Å². The monoisotopic (exact) mass is 572 g/mol. The highest BCUT2D eigenvalue weighted by atomic mass is 32.2. The number of methoxy groups -OCH3 is 1. The van der Waals surface area contributed by atoms with Gasteiger partial charge in [-0.1, -0.05) is 23.8 Å². The second-order valence-corrected chi connectivity index (χ2v) is 11.6. The van der Waals surface area contributed by atoms with Crippen molar-refractivity contribution in [2.45, 2.75) is 30.8 Å². The molecule has 1 unspecified atom stereocenters. The molecule has 1 fully saturated rings. The lowest BCUT2D eigenvalue weighted by Crippen LogP contribution is -2.48. The number of ketones is 1. The first kappa shape index (κ1) is 29.6. The first-order chi connectivity index (χ1) is 19.2. The summed E-state index contributed by atoms with van der Waals surface area (Å²) >= 11 is 0. The van der Waals surface area contributed by atoms with Gasteiger partial charge < -0.3 is 9.64 Å². The van der Waals surface area contributed by atoms with Gasteiger partial charge in [-0.3, -0.25) is 9.69 Å². The number of ether oxygens (including phenoxy) is 1. The van der Waals surface area contributed by atoms with Crippen molar-refractivity contribution in [1.29, 1.82) is 0 Å². The first-order valence-corrected chi connectivity index (χ1v) is 14.6. The molecular weight excluding hydrogens is 538 g/mol. The van der Waals surface area contributed by atoms with Crippen LogP contribution in [-0.4, -0.2) is 82.3 Å². The Morgan fingerprint density at radius 2 is 1.68 bits per heavy atom. The number of hydrogen-bond donors (Lipinski definition) is 1. The third kappa shape index (κ3) is 7.61. The van der Waals surface area contributed by atoms with Crippen molar-refractivity contribution in [1.82, 2.24) is 14.6 Å². The zero-order valence-corrected chi connectivity index (χ0v) is 23.5. The van der Waals surface area contributed by atoms with E-state index in [9.17, 15) is 17.6 Å². The predicted octanol–water partition coefficient (Wildman–Crippen LogP) is 3.86. The van der Waals surface area contributed by atoms with Crippen LogP contribution in [0.5, 0.6) is 0 Å². The summed E-state index contributed by atoms with van der Waals surface area (Å²) in [5, 5.41) is 3.91. The number of aryl methyl sites for hydroxylation is 1. The highest BCUT2D eigenvalue weighted by Gasteiger charge is 2.30. The summed E-state index contributed by atoms with van der Waals surface area (Å²) in [5.41, 5.74) is 1.77. The minimum Gasteiger partial charge on any atom is -0.495 e. The fourth-order valence-corrected chi connectivity index (χ4v) is 5.44. The van der Waals surface area contributed by atoms with E-state index in [1.807, 2.05) is 6.92 Å². The van der Waals surface area contributed by atoms with Crippen LogP contribution in [0.3, 0.4) is 0 Å². The molecule has 1 atom stereocenters. The summed E-state index contributed by atoms with van der Waals surface area (Å²) in [6.07, 6.45) is 2.72. The maximum absolute atomic E-state index is 15.6. The van der Waals surface area contributed by atoms with Gasteiger partial charge >= 0.3 is 0 Å². The number of benzene rings is 2. The van der Waals surface area contributed by atoms with Crippen LogP contribution in [-0.2, 0) is 14.8 Å². The van der Waals surface area contributed by atoms with E-state index in [-0.39, 0.29) is 28.0 Å². The lowest BCUT2D eigenvalue weighted by atomic mass is 9.98. The van der Waals surface area contributed by atoms with Gasteiger partial charge in [-0.2, -0.15) is 18.4 Å². The fraction of sp³-hybridized carbons (Fsp3) is 0.379. The molecule has 0 amide bonds. The Hall–Kier alpha value is -3.41. The van der Waals surface area contributed by atoms with Crippen molar-refractivity contribution in [3.05, 3.63) is 89.0 Å². The summed E-state index contributed by atoms with van der Waals surface area (Å²) in [6.45, 7) is 6.01. The van der Waals surface area contributed by atoms with Crippen LogP contribution in [0.1, 0.15) is 28.8 Å². The number of carbonyl (C=O) groups excluding carboxylic acids is 1. The number of sulfonamides is 1. The zero-order valence-electron chi connectivity index (χ0n) is 22.6. The highest BCUT2D eigenvalue weighted by molar-refractivity contribution is 7.89. The van der Waals surface area contributed by atoms with Crippen LogP contribution in [0.4, 0.5) is 8.78 Å². The molecular formula is C29H34F2N4O4S. The topological polar surface area (TPSA) is 91.3 Å². The van der Waals surface area contributed by atoms with E-state index in [1.165, 1.54) is 43.5 Å². The van der Waals surface area contributed by atoms with Crippen molar-refractivity contribution >= 4 is 21.5 Å². The van der Waals surface area contributed by atoms with E-state index in [4.69, 9.17) is 4.74 Å². The molecule has 1 heterocycles. The number of halogens is 2. The summed E-state index contributed by atoms with van der Waals surface area (Å²) < 4.78 is 59.2. The molecule has 1 N–H and O–H groups in total. The largest absolute Gasteiger partial charge is 0.495 e. The van der Waals surface area contributed by atoms with E-state index >= 15 is 4.39 Å². The molecule has 2 aromatic carbocycles. The van der Waals surface area contributed by atoms with Gasteiger partial charge in [0.15, 0.2) is 12.0 Å². The molecule has 2 aromatic rings. The number of nitrogens with one attached hydrogen (secondary N) is 1. The van der Waals surface area contributed by atoms with E-state index in [0.717, 1.165) is 38.3 Å². The van der Waals surface area contributed by atoms with E-state index < -0.39 is 16.2 Å². The number of carbonyl (C=O) groups is 1. The van der Waals surface area contributed by atoms with Gasteiger partial charge in [-0.25, -0.2) is 8.78 Å². The van der Waals surface area contributed by atoms with Crippen molar-refractivity contribution in [2.24, 2.45) is 5.10 Å². The predicted molar refractivity (Wildman–Crippen MR) is 150 cm³/mol. The Balaban J connectivity index is 1.28. The first-order valence-electron chi connectivity index (χ1n) is 13.1. The van der Waals surface area contributed by atoms with Gasteiger partial charge in [-0.15, -0.1) is 0 Å². The smallest absolute Gasteiger partial charge is 0.276 e. The van der Waals surface area contributed by atoms with Crippen molar-refractivity contribution in [2.75, 3.05) is 46.4 Å². The summed E-state index contributed by atoms with van der Waals surface area (Å²) in [7, 11) is -2.59. The normalized spacial score (nSPS) is 19.7. The van der Waals surface area contributed by atoms with E-state index in [2.05, 4.69) is 19.7 Å². The Morgan fingerprint density at radius 1 is 1.02 bits per heavy atom. The van der Waals surface area contributed by atoms with E-state index in [1.54, 1.807) is 24.3 Å². The lowest BCUT2D eigenvalue weighted by molar-refractivity contribution is 0.0964. The van der Waals surface area contributed by atoms with Crippen LogP contribution in [0, 0.1) is 12.7 Å². The SMILES string of the molecule is COC1=CC=C(CN2CCN(CCCC(=O)c3ccc(F)cc3)CC2)C(F)C1=NNS(=O)(=O)c1ccc(C)cc1. The number of rotatable bonds is 11. The summed E-state index contributed by atoms with van der Waals surface area (Å²) in [4.78, 5) is 18.9. The molecule has 214 valence electrons. The summed E-state index contributed by atoms with van der Waals surface area (Å²) in [5.74, 6) is -0.208. The van der Waals surface area contributed by atoms with Crippen LogP contribution in [0.2, 0.25) is 0 Å². The molecule has 0 bridgehead atoms. The number of hydrazone groups is 1. The van der Waals surface area contributed by atoms with Crippen LogP contribution in [0.25, 0.3) is 0 Å². The minimum absolute atomic E-state index is 0.000957. The van der Waals surface area contributed by atoms with Crippen molar-refractivity contribution < 1.29 is 26.7 Å². The van der Waals surface area contributed by atoms with Crippen LogP contribution < -0.4 is 4.83 Å². The van der Waals surface area contributed by atoms with E-state index in [0.29, 0.717) is 30.5 Å². The molecule has 1 aliphatic heterocycles. The van der Waals surface area contributed by atoms with Gasteiger partial charge in [0.1, 0.15) is 17.3 Å². The Morgan fingerprint density at radius 3 is 2.33 bits per heavy atom. The lowest BCUT2D eigenvalue weighted by Gasteiger charge is -2.35. The van der Waals surface area contributed by atoms with Crippen molar-refractivity contribution in [3.63, 3.8) is 0 Å². The maximum atomic E-state index is 15.6. The van der Waals surface area contributed by atoms with Gasteiger partial charge in [0.05, 0.1) is 12.0 Å². The molecule has 0 saturated carbocycles. The number of allylic oxidation sites excluding steroid dienone is 3. The Kier molecular flexibility index (Phi) is 9.83. The molecule has 8 nitrogen and oxygen atoms in total. The second-order valence-electron chi connectivity index (χ2n) is 9.90. The quantitative estimate of drug-likeness (QED) is 0.325. The average molecular weight is 573 g/mol. The third-order valence-corrected chi connectivity index (χ3v) is 8.24. The molecule has 4 rings (SSSR count). The number of nitrogens with zero attached hydrogens (tertiary/aromatic N) is 3. The van der Waals surface area contributed by atoms with Gasteiger partial charge in [-0.05, 0) is 67.9 Å². The molecule has 0 radical (unpaired) electrons. The maximum Gasteiger partial charge on any atom is 0.276 e. The molecule has 1 saturated heterocycles. The Labute approximate surface area is 234 Å². The number of hydrogen-bond acceptors (Lipinski definition) is 7. The Bertz CT molecular complexity index is 1380. The standard InChI is InChI=1S/C29H34F2N4O4S/c1-21-5-12-25(13-6-21)40(37,38)33-32-29-27(39-2)14-9-23(28(29)31)20-35-18-16-34(17-19-35)15-3-4-26(36)22-7-10-24(30)11-8-22/h5-14,28,33H,3-4,15-20H2,1-2H3. The average Bonchev–Trinajstić information content (AvgIpc) is 2.95. The molecule has 2 aliphatic rings. The molecule has 40 heavy (non-hydrogen) atoms. The molecule has 1 aliphatic carbocycles. The number of Topliss-reactive ketones (excluding diaryl/α,β-unsaturated/α-hetero) is 1. The van der Waals surface area contributed by atoms with Gasteiger partial charge in [0.25, 0.3) is 10.0 Å². The minimum atomic E-state index is -3.97. The van der Waals surface area contributed by atoms with Crippen LogP contribution in [0.15, 0.2) is 82.0 Å². The van der Waals surface area contributed by atoms with Crippen molar-refractivity contribution in [3.8, 4) is 0 Å². The molecule has 0 aromatic heterocycles. The summed E-state index contributed by atoms with van der Waals surface area (Å²) in [6, 6.07) is 11.9. The van der Waals surface area contributed by atoms with Crippen LogP contribution >= 0.6 is 0 Å². The highest BCUT2D eigenvalue weighted by Crippen LogP contribution is 2.23. The molecule has 11 heteroatoms. The molecule has 0 spiro atoms. The fourth-order valence-electron chi connectivity index (χ4n) is 4.62. The zero-order chi connectivity index (χ0) is 28.7. The van der Waals surface area contributed by atoms with Gasteiger partial charge in [0.2, 0.25) is 0 Å². The second kappa shape index (κ2) is 13.3. The number of alkyl halides is 1. The number of piperazine rings is 1.